The lowest BCUT2D eigenvalue weighted by Crippen LogP contribution is -2.43. The molecule has 0 N–H and O–H groups in total. The number of nitrogens with zero attached hydrogens (tertiary/aromatic N) is 3. The number of ketones is 1. The molecule has 138 valence electrons. The highest BCUT2D eigenvalue weighted by atomic mass is 16.5. The first-order valence-electron chi connectivity index (χ1n) is 9.05. The van der Waals surface area contributed by atoms with Crippen molar-refractivity contribution in [3.8, 4) is 5.75 Å². The number of benzene rings is 1. The summed E-state index contributed by atoms with van der Waals surface area (Å²) in [5.74, 6) is 0.512. The van der Waals surface area contributed by atoms with Crippen molar-refractivity contribution in [3.05, 3.63) is 47.3 Å². The molecule has 1 aromatic heterocycles. The standard InChI is InChI=1S/C20H25N3O3/c1-4-23-18(11-14(2)21-23)20(25)22-10-6-8-16(13-22)19(24)15-7-5-9-17(12-15)26-3/h5,7,9,11-12,16H,4,6,8,10,13H2,1-3H3/t16-/m1/s1. The lowest BCUT2D eigenvalue weighted by atomic mass is 9.89. The molecule has 1 aliphatic rings. The fourth-order valence-corrected chi connectivity index (χ4v) is 3.51. The predicted octanol–water partition coefficient (Wildman–Crippen LogP) is 2.96. The van der Waals surface area contributed by atoms with Gasteiger partial charge in [0, 0.05) is 31.1 Å². The monoisotopic (exact) mass is 355 g/mol. The van der Waals surface area contributed by atoms with E-state index in [-0.39, 0.29) is 17.6 Å². The number of likely N-dealkylation sites (tertiary alicyclic amines) is 1. The van der Waals surface area contributed by atoms with Crippen LogP contribution in [0.25, 0.3) is 0 Å². The van der Waals surface area contributed by atoms with Gasteiger partial charge in [-0.25, -0.2) is 0 Å². The van der Waals surface area contributed by atoms with Crippen molar-refractivity contribution in [2.45, 2.75) is 33.2 Å². The average molecular weight is 355 g/mol. The largest absolute Gasteiger partial charge is 0.497 e. The van der Waals surface area contributed by atoms with Crippen molar-refractivity contribution < 1.29 is 14.3 Å². The zero-order chi connectivity index (χ0) is 18.7. The molecule has 6 nitrogen and oxygen atoms in total. The van der Waals surface area contributed by atoms with Crippen LogP contribution in [0.3, 0.4) is 0 Å². The van der Waals surface area contributed by atoms with E-state index in [2.05, 4.69) is 5.10 Å². The van der Waals surface area contributed by atoms with E-state index >= 15 is 0 Å². The quantitative estimate of drug-likeness (QED) is 0.774. The molecule has 0 radical (unpaired) electrons. The lowest BCUT2D eigenvalue weighted by Gasteiger charge is -2.32. The highest BCUT2D eigenvalue weighted by Gasteiger charge is 2.30. The first-order chi connectivity index (χ1) is 12.5. The van der Waals surface area contributed by atoms with Crippen LogP contribution >= 0.6 is 0 Å². The van der Waals surface area contributed by atoms with E-state index in [1.807, 2.05) is 32.0 Å². The molecule has 2 heterocycles. The van der Waals surface area contributed by atoms with E-state index in [0.717, 1.165) is 18.5 Å². The van der Waals surface area contributed by atoms with Crippen LogP contribution < -0.4 is 4.74 Å². The number of piperidine rings is 1. The topological polar surface area (TPSA) is 64.4 Å². The SMILES string of the molecule is CCn1nc(C)cc1C(=O)N1CCC[C@@H](C(=O)c2cccc(OC)c2)C1. The fourth-order valence-electron chi connectivity index (χ4n) is 3.51. The maximum absolute atomic E-state index is 12.9. The number of carbonyl (C=O) groups is 2. The second kappa shape index (κ2) is 7.72. The summed E-state index contributed by atoms with van der Waals surface area (Å²) in [7, 11) is 1.59. The van der Waals surface area contributed by atoms with Crippen molar-refractivity contribution in [2.75, 3.05) is 20.2 Å². The van der Waals surface area contributed by atoms with E-state index < -0.39 is 0 Å². The molecule has 1 saturated heterocycles. The first kappa shape index (κ1) is 18.2. The molecule has 1 atom stereocenters. The summed E-state index contributed by atoms with van der Waals surface area (Å²) in [6, 6.07) is 9.03. The average Bonchev–Trinajstić information content (AvgIpc) is 3.07. The molecule has 1 aliphatic heterocycles. The third kappa shape index (κ3) is 3.64. The zero-order valence-corrected chi connectivity index (χ0v) is 15.6. The van der Waals surface area contributed by atoms with Gasteiger partial charge >= 0.3 is 0 Å². The Labute approximate surface area is 153 Å². The van der Waals surface area contributed by atoms with Crippen molar-refractivity contribution in [1.29, 1.82) is 0 Å². The summed E-state index contributed by atoms with van der Waals surface area (Å²) in [6.45, 7) is 5.62. The van der Waals surface area contributed by atoms with Crippen LogP contribution in [-0.2, 0) is 6.54 Å². The predicted molar refractivity (Wildman–Crippen MR) is 98.6 cm³/mol. The third-order valence-corrected chi connectivity index (χ3v) is 4.85. The number of methoxy groups -OCH3 is 1. The molecule has 0 aliphatic carbocycles. The normalized spacial score (nSPS) is 17.2. The van der Waals surface area contributed by atoms with Crippen molar-refractivity contribution in [1.82, 2.24) is 14.7 Å². The van der Waals surface area contributed by atoms with E-state index in [1.54, 1.807) is 28.8 Å². The van der Waals surface area contributed by atoms with Crippen molar-refractivity contribution in [2.24, 2.45) is 5.92 Å². The minimum Gasteiger partial charge on any atom is -0.497 e. The number of rotatable bonds is 5. The summed E-state index contributed by atoms with van der Waals surface area (Å²) in [4.78, 5) is 27.6. The number of aromatic nitrogens is 2. The van der Waals surface area contributed by atoms with E-state index in [4.69, 9.17) is 4.74 Å². The first-order valence-corrected chi connectivity index (χ1v) is 9.05. The maximum atomic E-state index is 12.9. The van der Waals surface area contributed by atoms with Gasteiger partial charge in [0.05, 0.1) is 12.8 Å². The molecule has 1 fully saturated rings. The van der Waals surface area contributed by atoms with Crippen LogP contribution in [0.2, 0.25) is 0 Å². The number of hydrogen-bond acceptors (Lipinski definition) is 4. The maximum Gasteiger partial charge on any atom is 0.272 e. The van der Waals surface area contributed by atoms with Gasteiger partial charge in [-0.05, 0) is 44.9 Å². The molecule has 0 unspecified atom stereocenters. The number of ether oxygens (including phenoxy) is 1. The van der Waals surface area contributed by atoms with Gasteiger partial charge in [0.1, 0.15) is 11.4 Å². The van der Waals surface area contributed by atoms with Crippen LogP contribution in [0.5, 0.6) is 5.75 Å². The van der Waals surface area contributed by atoms with Crippen LogP contribution in [0.15, 0.2) is 30.3 Å². The molecular formula is C20H25N3O3. The van der Waals surface area contributed by atoms with Gasteiger partial charge < -0.3 is 9.64 Å². The smallest absolute Gasteiger partial charge is 0.272 e. The Morgan fingerprint density at radius 1 is 1.31 bits per heavy atom. The highest BCUT2D eigenvalue weighted by Crippen LogP contribution is 2.24. The summed E-state index contributed by atoms with van der Waals surface area (Å²) < 4.78 is 6.94. The second-order valence-corrected chi connectivity index (χ2v) is 6.67. The summed E-state index contributed by atoms with van der Waals surface area (Å²) >= 11 is 0. The molecule has 6 heteroatoms. The van der Waals surface area contributed by atoms with Gasteiger partial charge in [-0.15, -0.1) is 0 Å². The third-order valence-electron chi connectivity index (χ3n) is 4.85. The van der Waals surface area contributed by atoms with Gasteiger partial charge in [0.25, 0.3) is 5.91 Å². The van der Waals surface area contributed by atoms with Crippen LogP contribution in [0.4, 0.5) is 0 Å². The van der Waals surface area contributed by atoms with Gasteiger partial charge in [-0.1, -0.05) is 12.1 Å². The molecule has 1 amide bonds. The summed E-state index contributed by atoms with van der Waals surface area (Å²) in [5, 5.41) is 4.35. The van der Waals surface area contributed by atoms with Gasteiger partial charge in [-0.3, -0.25) is 14.3 Å². The van der Waals surface area contributed by atoms with Gasteiger partial charge in [-0.2, -0.15) is 5.10 Å². The zero-order valence-electron chi connectivity index (χ0n) is 15.6. The van der Waals surface area contributed by atoms with Gasteiger partial charge in [0.2, 0.25) is 0 Å². The summed E-state index contributed by atoms with van der Waals surface area (Å²) in [6.07, 6.45) is 1.62. The van der Waals surface area contributed by atoms with Crippen LogP contribution in [-0.4, -0.2) is 46.6 Å². The Hall–Kier alpha value is -2.63. The number of hydrogen-bond donors (Lipinski definition) is 0. The van der Waals surface area contributed by atoms with E-state index in [1.165, 1.54) is 0 Å². The van der Waals surface area contributed by atoms with Gasteiger partial charge in [0.15, 0.2) is 5.78 Å². The number of carbonyl (C=O) groups excluding carboxylic acids is 2. The van der Waals surface area contributed by atoms with Crippen molar-refractivity contribution in [3.63, 3.8) is 0 Å². The van der Waals surface area contributed by atoms with E-state index in [9.17, 15) is 9.59 Å². The molecule has 0 spiro atoms. The minimum absolute atomic E-state index is 0.0457. The number of Topliss-reactive ketones (excluding diaryl/α,β-unsaturated/α-hetero) is 1. The second-order valence-electron chi connectivity index (χ2n) is 6.67. The number of aryl methyl sites for hydroxylation is 2. The van der Waals surface area contributed by atoms with E-state index in [0.29, 0.717) is 36.6 Å². The Bertz CT molecular complexity index is 812. The highest BCUT2D eigenvalue weighted by molar-refractivity contribution is 5.99. The lowest BCUT2D eigenvalue weighted by molar-refractivity contribution is 0.0627. The Balaban J connectivity index is 1.76. The van der Waals surface area contributed by atoms with Crippen LogP contribution in [0, 0.1) is 12.8 Å². The molecule has 0 saturated carbocycles. The summed E-state index contributed by atoms with van der Waals surface area (Å²) in [5.41, 5.74) is 2.06. The van der Waals surface area contributed by atoms with Crippen molar-refractivity contribution >= 4 is 11.7 Å². The van der Waals surface area contributed by atoms with Crippen LogP contribution in [0.1, 0.15) is 46.3 Å². The molecule has 26 heavy (non-hydrogen) atoms. The molecule has 2 aromatic rings. The molecule has 0 bridgehead atoms. The Morgan fingerprint density at radius 2 is 2.12 bits per heavy atom. The fraction of sp³-hybridized carbons (Fsp3) is 0.450. The molecular weight excluding hydrogens is 330 g/mol. The minimum atomic E-state index is -0.182. The molecule has 3 rings (SSSR count). The molecule has 1 aromatic carbocycles. The number of amides is 1. The Kier molecular flexibility index (Phi) is 5.40. The Morgan fingerprint density at radius 3 is 2.85 bits per heavy atom.